The summed E-state index contributed by atoms with van der Waals surface area (Å²) in [4.78, 5) is 25.7. The Morgan fingerprint density at radius 3 is 2.67 bits per heavy atom. The van der Waals surface area contributed by atoms with E-state index in [2.05, 4.69) is 19.7 Å². The number of hydrogen-bond acceptors (Lipinski definition) is 7. The van der Waals surface area contributed by atoms with E-state index in [-0.39, 0.29) is 12.2 Å². The number of hydrogen-bond donors (Lipinski definition) is 2. The maximum Gasteiger partial charge on any atom is 0.326 e. The number of urea groups is 1. The van der Waals surface area contributed by atoms with E-state index in [1.165, 1.54) is 4.90 Å². The number of nitrogens with one attached hydrogen (secondary N) is 1. The third-order valence-electron chi connectivity index (χ3n) is 4.56. The second-order valence-corrected chi connectivity index (χ2v) is 7.08. The molecule has 9 nitrogen and oxygen atoms in total. The first-order valence-electron chi connectivity index (χ1n) is 7.81. The first-order valence-corrected chi connectivity index (χ1v) is 8.62. The summed E-state index contributed by atoms with van der Waals surface area (Å²) in [5.74, 6) is -1.81. The lowest BCUT2D eigenvalue weighted by molar-refractivity contribution is -0.201. The number of oxime groups is 1. The third kappa shape index (κ3) is 2.79. The number of fused-ring (bicyclic) bond motifs is 1. The van der Waals surface area contributed by atoms with Crippen molar-refractivity contribution in [2.45, 2.75) is 57.1 Å². The van der Waals surface area contributed by atoms with Crippen LogP contribution in [0.1, 0.15) is 20.8 Å². The molecule has 134 valence electrons. The molecule has 3 aliphatic heterocycles. The second-order valence-electron chi connectivity index (χ2n) is 6.61. The van der Waals surface area contributed by atoms with Crippen LogP contribution < -0.4 is 5.32 Å². The fraction of sp³-hybridized carbons (Fsp3) is 0.786. The Kier molecular flexibility index (Phi) is 4.55. The summed E-state index contributed by atoms with van der Waals surface area (Å²) < 4.78 is 17.8. The Hall–Kier alpha value is -1.28. The second kappa shape index (κ2) is 6.22. The lowest BCUT2D eigenvalue weighted by Gasteiger charge is -2.41. The van der Waals surface area contributed by atoms with Gasteiger partial charge in [-0.15, -0.1) is 9.24 Å². The normalized spacial score (nSPS) is 41.8. The molecule has 0 aliphatic carbocycles. The molecule has 7 atom stereocenters. The van der Waals surface area contributed by atoms with Crippen LogP contribution in [0.15, 0.2) is 5.16 Å². The summed E-state index contributed by atoms with van der Waals surface area (Å²) in [6.07, 6.45) is -0.0598. The van der Waals surface area contributed by atoms with Crippen molar-refractivity contribution in [1.29, 1.82) is 0 Å². The first kappa shape index (κ1) is 17.5. The van der Waals surface area contributed by atoms with Gasteiger partial charge in [-0.1, -0.05) is 12.1 Å². The zero-order valence-corrected chi connectivity index (χ0v) is 14.9. The Morgan fingerprint density at radius 1 is 1.38 bits per heavy atom. The number of carbonyl (C=O) groups is 2. The van der Waals surface area contributed by atoms with Crippen molar-refractivity contribution >= 4 is 27.4 Å². The Labute approximate surface area is 141 Å². The highest BCUT2D eigenvalue weighted by molar-refractivity contribution is 7.16. The van der Waals surface area contributed by atoms with Gasteiger partial charge in [0.2, 0.25) is 5.91 Å². The molecule has 24 heavy (non-hydrogen) atoms. The number of carbonyl (C=O) groups excluding carboxylic acids is 2. The van der Waals surface area contributed by atoms with E-state index in [4.69, 9.17) is 19.4 Å². The molecule has 0 spiro atoms. The van der Waals surface area contributed by atoms with Gasteiger partial charge in [0.25, 0.3) is 0 Å². The molecule has 0 bridgehead atoms. The van der Waals surface area contributed by atoms with Crippen LogP contribution in [0.2, 0.25) is 0 Å². The van der Waals surface area contributed by atoms with Gasteiger partial charge in [0.1, 0.15) is 12.2 Å². The molecule has 3 amide bonds. The lowest BCUT2D eigenvalue weighted by atomic mass is 9.97. The molecular formula is C14H22N3O6P. The molecular weight excluding hydrogens is 337 g/mol. The van der Waals surface area contributed by atoms with E-state index < -0.39 is 42.0 Å². The average molecular weight is 359 g/mol. The average Bonchev–Trinajstić information content (AvgIpc) is 2.98. The third-order valence-corrected chi connectivity index (χ3v) is 5.03. The molecule has 2 N–H and O–H groups in total. The van der Waals surface area contributed by atoms with Gasteiger partial charge in [0, 0.05) is 0 Å². The van der Waals surface area contributed by atoms with Crippen LogP contribution in [0, 0.1) is 5.92 Å². The molecule has 3 fully saturated rings. The summed E-state index contributed by atoms with van der Waals surface area (Å²) in [5.41, 5.74) is 0. The molecule has 3 saturated heterocycles. The highest BCUT2D eigenvalue weighted by Gasteiger charge is 2.59. The number of nitrogens with zero attached hydrogens (tertiary/aromatic N) is 2. The van der Waals surface area contributed by atoms with Crippen molar-refractivity contribution in [3.05, 3.63) is 0 Å². The quantitative estimate of drug-likeness (QED) is 0.321. The lowest BCUT2D eigenvalue weighted by Crippen LogP contribution is -2.65. The van der Waals surface area contributed by atoms with Gasteiger partial charge in [0.15, 0.2) is 12.0 Å². The van der Waals surface area contributed by atoms with Crippen molar-refractivity contribution in [1.82, 2.24) is 10.2 Å². The topological polar surface area (TPSA) is 110 Å². The van der Waals surface area contributed by atoms with E-state index in [0.717, 1.165) is 6.21 Å². The van der Waals surface area contributed by atoms with Crippen LogP contribution in [0.3, 0.4) is 0 Å². The monoisotopic (exact) mass is 359 g/mol. The SMILES string of the molecule is CC1C(=O)NC(=O)N([C@@H]2O[C@@H](CP)[C@@H]3OC(C)(C)O[C@H]32)C1/C=N/O. The molecule has 0 aromatic rings. The van der Waals surface area contributed by atoms with Gasteiger partial charge < -0.3 is 19.4 Å². The van der Waals surface area contributed by atoms with Crippen molar-refractivity contribution in [2.75, 3.05) is 6.16 Å². The Balaban J connectivity index is 1.93. The van der Waals surface area contributed by atoms with Crippen LogP contribution in [0.4, 0.5) is 4.79 Å². The van der Waals surface area contributed by atoms with Gasteiger partial charge in [-0.05, 0) is 20.0 Å². The molecule has 10 heteroatoms. The maximum absolute atomic E-state index is 12.4. The number of rotatable bonds is 3. The van der Waals surface area contributed by atoms with E-state index in [9.17, 15) is 9.59 Å². The minimum Gasteiger partial charge on any atom is -0.411 e. The van der Waals surface area contributed by atoms with Crippen molar-refractivity contribution < 1.29 is 29.0 Å². The van der Waals surface area contributed by atoms with Gasteiger partial charge in [0.05, 0.1) is 24.3 Å². The van der Waals surface area contributed by atoms with Crippen LogP contribution in [-0.4, -0.2) is 70.8 Å². The van der Waals surface area contributed by atoms with E-state index in [0.29, 0.717) is 6.16 Å². The number of ether oxygens (including phenoxy) is 3. The Bertz CT molecular complexity index is 571. The predicted octanol–water partition coefficient (Wildman–Crippen LogP) is 0.123. The zero-order valence-electron chi connectivity index (χ0n) is 13.7. The van der Waals surface area contributed by atoms with Gasteiger partial charge >= 0.3 is 6.03 Å². The molecule has 0 aromatic carbocycles. The van der Waals surface area contributed by atoms with Crippen LogP contribution in [-0.2, 0) is 19.0 Å². The van der Waals surface area contributed by atoms with Gasteiger partial charge in [-0.2, -0.15) is 0 Å². The van der Waals surface area contributed by atoms with E-state index in [1.807, 2.05) is 0 Å². The fourth-order valence-corrected chi connectivity index (χ4v) is 3.82. The molecule has 3 rings (SSSR count). The summed E-state index contributed by atoms with van der Waals surface area (Å²) in [7, 11) is 2.60. The van der Waals surface area contributed by atoms with Crippen LogP contribution in [0.5, 0.6) is 0 Å². The molecule has 3 aliphatic rings. The van der Waals surface area contributed by atoms with E-state index in [1.54, 1.807) is 20.8 Å². The van der Waals surface area contributed by atoms with Crippen molar-refractivity contribution in [3.63, 3.8) is 0 Å². The smallest absolute Gasteiger partial charge is 0.326 e. The summed E-state index contributed by atoms with van der Waals surface area (Å²) in [5, 5.41) is 14.3. The summed E-state index contributed by atoms with van der Waals surface area (Å²) >= 11 is 0. The van der Waals surface area contributed by atoms with Crippen LogP contribution in [0.25, 0.3) is 0 Å². The summed E-state index contributed by atoms with van der Waals surface area (Å²) in [6, 6.07) is -1.35. The largest absolute Gasteiger partial charge is 0.411 e. The minimum absolute atomic E-state index is 0.265. The standard InChI is InChI=1S/C14H22N3O6P/c1-6-7(4-15-20)17(13(19)16-11(6)18)12-10-9(8(5-24)21-12)22-14(2,3)23-10/h4,6-10,12,20H,5,24H2,1-3H3,(H,16,18,19)/b15-4+/t6?,7?,8-,9-,10+,12+/m0/s1. The minimum atomic E-state index is -0.788. The van der Waals surface area contributed by atoms with E-state index >= 15 is 0 Å². The predicted molar refractivity (Wildman–Crippen MR) is 85.7 cm³/mol. The molecule has 3 unspecified atom stereocenters. The van der Waals surface area contributed by atoms with Crippen molar-refractivity contribution in [3.8, 4) is 0 Å². The zero-order chi connectivity index (χ0) is 17.6. The maximum atomic E-state index is 12.4. The van der Waals surface area contributed by atoms with Crippen molar-refractivity contribution in [2.24, 2.45) is 11.1 Å². The first-order chi connectivity index (χ1) is 11.3. The highest BCUT2D eigenvalue weighted by atomic mass is 31.0. The molecule has 3 heterocycles. The Morgan fingerprint density at radius 2 is 2.04 bits per heavy atom. The molecule has 0 radical (unpaired) electrons. The van der Waals surface area contributed by atoms with Gasteiger partial charge in [-0.25, -0.2) is 4.79 Å². The van der Waals surface area contributed by atoms with Crippen LogP contribution >= 0.6 is 9.24 Å². The molecule has 0 saturated carbocycles. The summed E-state index contributed by atoms with van der Waals surface area (Å²) in [6.45, 7) is 5.26. The highest BCUT2D eigenvalue weighted by Crippen LogP contribution is 2.41. The van der Waals surface area contributed by atoms with Gasteiger partial charge in [-0.3, -0.25) is 15.0 Å². The number of imide groups is 1. The fourth-order valence-electron chi connectivity index (χ4n) is 3.44. The molecule has 0 aromatic heterocycles. The number of amides is 3.